The molecule has 164 valence electrons. The van der Waals surface area contributed by atoms with Crippen molar-refractivity contribution in [2.75, 3.05) is 23.3 Å². The molecule has 32 heavy (non-hydrogen) atoms. The number of hydrogen-bond donors (Lipinski definition) is 4. The summed E-state index contributed by atoms with van der Waals surface area (Å²) in [7, 11) is 0. The number of hydrogen-bond acceptors (Lipinski definition) is 7. The number of fused-ring (bicyclic) bond motifs is 1. The van der Waals surface area contributed by atoms with Crippen LogP contribution in [0.3, 0.4) is 0 Å². The number of aliphatic hydroxyl groups excluding tert-OH is 1. The molecule has 1 fully saturated rings. The van der Waals surface area contributed by atoms with Gasteiger partial charge in [-0.15, -0.1) is 0 Å². The van der Waals surface area contributed by atoms with Gasteiger partial charge in [-0.2, -0.15) is 15.1 Å². The van der Waals surface area contributed by atoms with Crippen molar-refractivity contribution >= 4 is 46.0 Å². The van der Waals surface area contributed by atoms with Crippen molar-refractivity contribution in [2.24, 2.45) is 0 Å². The van der Waals surface area contributed by atoms with Crippen LogP contribution < -0.4 is 15.0 Å². The molecule has 9 nitrogen and oxygen atoms in total. The molecule has 1 aliphatic rings. The molecule has 0 atom stereocenters. The zero-order valence-electron chi connectivity index (χ0n) is 17.6. The van der Waals surface area contributed by atoms with Gasteiger partial charge in [-0.05, 0) is 38.1 Å². The van der Waals surface area contributed by atoms with Crippen molar-refractivity contribution in [3.63, 3.8) is 0 Å². The average molecular weight is 452 g/mol. The van der Waals surface area contributed by atoms with Gasteiger partial charge < -0.3 is 25.0 Å². The third kappa shape index (κ3) is 4.00. The van der Waals surface area contributed by atoms with Gasteiger partial charge >= 0.3 is 6.01 Å². The average Bonchev–Trinajstić information content (AvgIpc) is 3.34. The van der Waals surface area contributed by atoms with E-state index in [0.29, 0.717) is 41.3 Å². The number of aromatic amines is 2. The van der Waals surface area contributed by atoms with Crippen LogP contribution in [0.1, 0.15) is 18.3 Å². The molecule has 1 saturated heterocycles. The minimum absolute atomic E-state index is 0.143. The lowest BCUT2D eigenvalue weighted by molar-refractivity contribution is 0.141. The zero-order valence-corrected chi connectivity index (χ0v) is 18.3. The fraction of sp³-hybridized carbons (Fsp3) is 0.227. The van der Waals surface area contributed by atoms with Gasteiger partial charge in [0.2, 0.25) is 0 Å². The molecule has 4 N–H and O–H groups in total. The molecule has 0 bridgehead atoms. The molecule has 4 aromatic rings. The fourth-order valence-corrected chi connectivity index (χ4v) is 3.85. The molecule has 0 aliphatic carbocycles. The van der Waals surface area contributed by atoms with E-state index in [1.54, 1.807) is 12.1 Å². The molecule has 0 unspecified atom stereocenters. The van der Waals surface area contributed by atoms with Crippen LogP contribution >= 0.6 is 11.6 Å². The van der Waals surface area contributed by atoms with Crippen molar-refractivity contribution in [1.82, 2.24) is 25.1 Å². The van der Waals surface area contributed by atoms with E-state index in [1.165, 1.54) is 0 Å². The highest BCUT2D eigenvalue weighted by atomic mass is 35.5. The summed E-state index contributed by atoms with van der Waals surface area (Å²) in [5.41, 5.74) is 2.81. The molecule has 1 aromatic carbocycles. The van der Waals surface area contributed by atoms with Gasteiger partial charge in [0.25, 0.3) is 0 Å². The van der Waals surface area contributed by atoms with Crippen LogP contribution in [0.25, 0.3) is 17.0 Å². The number of aromatic nitrogens is 5. The Balaban J connectivity index is 1.47. The Morgan fingerprint density at radius 2 is 2.06 bits per heavy atom. The number of aliphatic hydroxyl groups is 1. The van der Waals surface area contributed by atoms with Gasteiger partial charge in [0.15, 0.2) is 5.82 Å². The third-order valence-corrected chi connectivity index (χ3v) is 5.51. The van der Waals surface area contributed by atoms with E-state index in [1.807, 2.05) is 49.1 Å². The van der Waals surface area contributed by atoms with Gasteiger partial charge in [0.05, 0.1) is 16.8 Å². The second kappa shape index (κ2) is 8.18. The second-order valence-electron chi connectivity index (χ2n) is 7.68. The number of halogens is 1. The summed E-state index contributed by atoms with van der Waals surface area (Å²) in [6, 6.07) is 9.47. The Morgan fingerprint density at radius 1 is 1.22 bits per heavy atom. The predicted octanol–water partition coefficient (Wildman–Crippen LogP) is 4.39. The first kappa shape index (κ1) is 20.3. The molecule has 0 radical (unpaired) electrons. The number of β-amino-alcohol motifs (C(OH)–C–C–N with tert-alkyl or cyclic N) is 1. The summed E-state index contributed by atoms with van der Waals surface area (Å²) in [4.78, 5) is 14.2. The quantitative estimate of drug-likeness (QED) is 0.343. The summed E-state index contributed by atoms with van der Waals surface area (Å²) in [5.74, 6) is 2.22. The van der Waals surface area contributed by atoms with E-state index < -0.39 is 0 Å². The first-order chi connectivity index (χ1) is 15.5. The summed E-state index contributed by atoms with van der Waals surface area (Å²) < 4.78 is 6.00. The molecule has 1 aliphatic heterocycles. The van der Waals surface area contributed by atoms with E-state index in [0.717, 1.165) is 22.3 Å². The van der Waals surface area contributed by atoms with Gasteiger partial charge in [0, 0.05) is 41.8 Å². The van der Waals surface area contributed by atoms with Crippen molar-refractivity contribution in [3.8, 4) is 11.8 Å². The topological polar surface area (TPSA) is 115 Å². The normalized spacial score (nSPS) is 14.3. The third-order valence-electron chi connectivity index (χ3n) is 5.12. The van der Waals surface area contributed by atoms with Crippen LogP contribution in [0.4, 0.5) is 17.5 Å². The smallest absolute Gasteiger partial charge is 0.325 e. The van der Waals surface area contributed by atoms with Crippen molar-refractivity contribution in [1.29, 1.82) is 0 Å². The van der Waals surface area contributed by atoms with Crippen LogP contribution in [-0.4, -0.2) is 49.4 Å². The lowest BCUT2D eigenvalue weighted by Crippen LogP contribution is -2.51. The van der Waals surface area contributed by atoms with Crippen LogP contribution in [0.15, 0.2) is 36.4 Å². The SMILES string of the molecule is C/C=C/c1cc(Nc2cc(N3CC(O)C3)nc(Oc3ccc4[nH]c(C)cc4c3Cl)n2)n[nH]1. The molecule has 0 spiro atoms. The van der Waals surface area contributed by atoms with Crippen LogP contribution in [0, 0.1) is 6.92 Å². The standard InChI is InChI=1S/C22H22ClN7O2/c1-3-4-13-8-19(29-28-13)25-18-9-20(30-10-14(31)11-30)27-22(26-18)32-17-6-5-16-15(21(17)23)7-12(2)24-16/h3-9,14,24,31H,10-11H2,1-2H3,(H2,25,26,27,28,29)/b4-3+. The van der Waals surface area contributed by atoms with Gasteiger partial charge in [-0.3, -0.25) is 5.10 Å². The molecule has 10 heteroatoms. The maximum Gasteiger partial charge on any atom is 0.325 e. The molecular weight excluding hydrogens is 430 g/mol. The van der Waals surface area contributed by atoms with Crippen LogP contribution in [-0.2, 0) is 0 Å². The van der Waals surface area contributed by atoms with Gasteiger partial charge in [-0.25, -0.2) is 0 Å². The first-order valence-electron chi connectivity index (χ1n) is 10.2. The minimum atomic E-state index is -0.367. The van der Waals surface area contributed by atoms with Gasteiger partial charge in [-0.1, -0.05) is 17.7 Å². The van der Waals surface area contributed by atoms with Crippen molar-refractivity contribution in [2.45, 2.75) is 20.0 Å². The number of H-pyrrole nitrogens is 2. The number of rotatable bonds is 6. The highest BCUT2D eigenvalue weighted by Crippen LogP contribution is 2.36. The summed E-state index contributed by atoms with van der Waals surface area (Å²) in [6.07, 6.45) is 3.47. The zero-order chi connectivity index (χ0) is 22.2. The first-order valence-corrected chi connectivity index (χ1v) is 10.6. The Kier molecular flexibility index (Phi) is 5.20. The summed E-state index contributed by atoms with van der Waals surface area (Å²) in [5, 5.41) is 21.4. The van der Waals surface area contributed by atoms with E-state index >= 15 is 0 Å². The Hall–Kier alpha value is -3.56. The van der Waals surface area contributed by atoms with Crippen molar-refractivity contribution in [3.05, 3.63) is 52.8 Å². The number of benzene rings is 1. The largest absolute Gasteiger partial charge is 0.423 e. The highest BCUT2D eigenvalue weighted by Gasteiger charge is 2.27. The summed E-state index contributed by atoms with van der Waals surface area (Å²) in [6.45, 7) is 4.91. The number of anilines is 3. The number of allylic oxidation sites excluding steroid dienone is 1. The van der Waals surface area contributed by atoms with E-state index in [2.05, 4.69) is 30.5 Å². The predicted molar refractivity (Wildman–Crippen MR) is 125 cm³/mol. The second-order valence-corrected chi connectivity index (χ2v) is 8.06. The maximum absolute atomic E-state index is 9.71. The van der Waals surface area contributed by atoms with Crippen LogP contribution in [0.5, 0.6) is 11.8 Å². The molecule has 0 amide bonds. The molecular formula is C22H22ClN7O2. The lowest BCUT2D eigenvalue weighted by atomic mass is 10.2. The highest BCUT2D eigenvalue weighted by molar-refractivity contribution is 6.37. The Labute approximate surface area is 189 Å². The number of nitrogens with one attached hydrogen (secondary N) is 3. The molecule has 5 rings (SSSR count). The van der Waals surface area contributed by atoms with E-state index in [4.69, 9.17) is 16.3 Å². The number of aryl methyl sites for hydroxylation is 1. The summed E-state index contributed by atoms with van der Waals surface area (Å²) >= 11 is 6.59. The lowest BCUT2D eigenvalue weighted by Gasteiger charge is -2.36. The monoisotopic (exact) mass is 451 g/mol. The molecule has 3 aromatic heterocycles. The number of ether oxygens (including phenoxy) is 1. The Morgan fingerprint density at radius 3 is 2.84 bits per heavy atom. The Bertz CT molecular complexity index is 1310. The van der Waals surface area contributed by atoms with E-state index in [-0.39, 0.29) is 12.1 Å². The fourth-order valence-electron chi connectivity index (χ4n) is 3.59. The minimum Gasteiger partial charge on any atom is -0.423 e. The van der Waals surface area contributed by atoms with E-state index in [9.17, 15) is 5.11 Å². The number of nitrogens with zero attached hydrogens (tertiary/aromatic N) is 4. The maximum atomic E-state index is 9.71. The van der Waals surface area contributed by atoms with Gasteiger partial charge in [0.1, 0.15) is 17.4 Å². The van der Waals surface area contributed by atoms with Crippen molar-refractivity contribution < 1.29 is 9.84 Å². The molecule has 0 saturated carbocycles. The molecule has 4 heterocycles. The van der Waals surface area contributed by atoms with Crippen LogP contribution in [0.2, 0.25) is 5.02 Å².